The molecule has 0 saturated carbocycles. The van der Waals surface area contributed by atoms with E-state index in [9.17, 15) is 4.79 Å². The Hall–Kier alpha value is -1.83. The highest BCUT2D eigenvalue weighted by Crippen LogP contribution is 2.13. The van der Waals surface area contributed by atoms with Crippen molar-refractivity contribution in [2.75, 3.05) is 40.8 Å². The molecule has 4 nitrogen and oxygen atoms in total. The molecule has 1 aromatic carbocycles. The fourth-order valence-electron chi connectivity index (χ4n) is 2.00. The first-order valence-corrected chi connectivity index (χ1v) is 7.06. The summed E-state index contributed by atoms with van der Waals surface area (Å²) in [5.41, 5.74) is 2.36. The maximum Gasteiger partial charge on any atom is 0.253 e. The van der Waals surface area contributed by atoms with E-state index in [1.54, 1.807) is 11.0 Å². The van der Waals surface area contributed by atoms with Crippen LogP contribution in [0, 0.1) is 18.8 Å². The van der Waals surface area contributed by atoms with E-state index in [0.29, 0.717) is 5.56 Å². The zero-order chi connectivity index (χ0) is 15.8. The first-order chi connectivity index (χ1) is 9.95. The third-order valence-electron chi connectivity index (χ3n) is 3.23. The molecule has 0 aliphatic carbocycles. The average Bonchev–Trinajstić information content (AvgIpc) is 2.45. The number of benzene rings is 1. The predicted molar refractivity (Wildman–Crippen MR) is 85.3 cm³/mol. The Morgan fingerprint density at radius 1 is 1.24 bits per heavy atom. The van der Waals surface area contributed by atoms with Gasteiger partial charge in [0.15, 0.2) is 0 Å². The number of aliphatic hydroxyl groups is 1. The average molecular weight is 288 g/mol. The summed E-state index contributed by atoms with van der Waals surface area (Å²) in [4.78, 5) is 16.3. The summed E-state index contributed by atoms with van der Waals surface area (Å²) in [5.74, 6) is 5.45. The molecule has 21 heavy (non-hydrogen) atoms. The van der Waals surface area contributed by atoms with Gasteiger partial charge in [0, 0.05) is 24.7 Å². The van der Waals surface area contributed by atoms with Gasteiger partial charge < -0.3 is 14.9 Å². The van der Waals surface area contributed by atoms with Crippen LogP contribution in [0.15, 0.2) is 18.2 Å². The third kappa shape index (κ3) is 5.58. The van der Waals surface area contributed by atoms with Crippen molar-refractivity contribution in [1.29, 1.82) is 0 Å². The predicted octanol–water partition coefficient (Wildman–Crippen LogP) is 1.36. The molecular formula is C17H24N2O2. The van der Waals surface area contributed by atoms with Gasteiger partial charge in [0.25, 0.3) is 5.91 Å². The second kappa shape index (κ2) is 8.46. The van der Waals surface area contributed by atoms with Gasteiger partial charge in [-0.1, -0.05) is 17.9 Å². The van der Waals surface area contributed by atoms with Crippen molar-refractivity contribution in [3.05, 3.63) is 34.9 Å². The van der Waals surface area contributed by atoms with Crippen molar-refractivity contribution in [2.45, 2.75) is 13.3 Å². The van der Waals surface area contributed by atoms with E-state index in [0.717, 1.165) is 30.6 Å². The number of aryl methyl sites for hydroxylation is 1. The van der Waals surface area contributed by atoms with Gasteiger partial charge in [-0.05, 0) is 51.7 Å². The molecule has 4 heteroatoms. The molecule has 1 amide bonds. The van der Waals surface area contributed by atoms with Crippen molar-refractivity contribution in [2.24, 2.45) is 0 Å². The topological polar surface area (TPSA) is 43.8 Å². The molecule has 0 atom stereocenters. The molecule has 0 aromatic heterocycles. The molecule has 114 valence electrons. The molecule has 0 radical (unpaired) electrons. The van der Waals surface area contributed by atoms with Crippen LogP contribution in [0.25, 0.3) is 0 Å². The van der Waals surface area contributed by atoms with Crippen LogP contribution in [-0.2, 0) is 0 Å². The normalized spacial score (nSPS) is 10.2. The first kappa shape index (κ1) is 17.2. The number of aliphatic hydroxyl groups excluding tert-OH is 1. The summed E-state index contributed by atoms with van der Waals surface area (Å²) in [6.45, 7) is 3.42. The molecule has 0 bridgehead atoms. The summed E-state index contributed by atoms with van der Waals surface area (Å²) < 4.78 is 0. The van der Waals surface area contributed by atoms with Gasteiger partial charge in [0.05, 0.1) is 0 Å². The van der Waals surface area contributed by atoms with E-state index in [1.807, 2.05) is 40.2 Å². The Morgan fingerprint density at radius 2 is 1.95 bits per heavy atom. The van der Waals surface area contributed by atoms with Crippen molar-refractivity contribution in [1.82, 2.24) is 9.80 Å². The second-order valence-corrected chi connectivity index (χ2v) is 5.37. The molecule has 1 rings (SSSR count). The monoisotopic (exact) mass is 288 g/mol. The smallest absolute Gasteiger partial charge is 0.253 e. The fourth-order valence-corrected chi connectivity index (χ4v) is 2.00. The Labute approximate surface area is 127 Å². The lowest BCUT2D eigenvalue weighted by Crippen LogP contribution is -2.30. The molecule has 0 heterocycles. The number of amides is 1. The zero-order valence-electron chi connectivity index (χ0n) is 13.3. The van der Waals surface area contributed by atoms with E-state index in [1.165, 1.54) is 0 Å². The van der Waals surface area contributed by atoms with E-state index in [4.69, 9.17) is 5.11 Å². The van der Waals surface area contributed by atoms with Gasteiger partial charge in [0.2, 0.25) is 0 Å². The highest BCUT2D eigenvalue weighted by Gasteiger charge is 2.14. The fraction of sp³-hybridized carbons (Fsp3) is 0.471. The molecule has 1 aromatic rings. The largest absolute Gasteiger partial charge is 0.384 e. The van der Waals surface area contributed by atoms with Crippen LogP contribution in [-0.4, -0.2) is 61.7 Å². The Bertz CT molecular complexity index is 541. The van der Waals surface area contributed by atoms with E-state index >= 15 is 0 Å². The molecule has 0 spiro atoms. The molecule has 0 saturated heterocycles. The number of carbonyl (C=O) groups is 1. The number of hydrogen-bond donors (Lipinski definition) is 1. The van der Waals surface area contributed by atoms with Crippen molar-refractivity contribution < 1.29 is 9.90 Å². The van der Waals surface area contributed by atoms with Gasteiger partial charge in [-0.3, -0.25) is 4.79 Å². The third-order valence-corrected chi connectivity index (χ3v) is 3.23. The Morgan fingerprint density at radius 3 is 2.57 bits per heavy atom. The maximum atomic E-state index is 12.5. The van der Waals surface area contributed by atoms with Crippen LogP contribution >= 0.6 is 0 Å². The number of nitrogens with zero attached hydrogens (tertiary/aromatic N) is 2. The van der Waals surface area contributed by atoms with Gasteiger partial charge >= 0.3 is 0 Å². The SMILES string of the molecule is Cc1ccc(C#CCO)cc1C(=O)N(C)CCCN(C)C. The first-order valence-electron chi connectivity index (χ1n) is 7.06. The highest BCUT2D eigenvalue weighted by molar-refractivity contribution is 5.95. The lowest BCUT2D eigenvalue weighted by atomic mass is 10.0. The van der Waals surface area contributed by atoms with Crippen LogP contribution in [0.2, 0.25) is 0 Å². The second-order valence-electron chi connectivity index (χ2n) is 5.37. The summed E-state index contributed by atoms with van der Waals surface area (Å²) in [5, 5.41) is 8.74. The van der Waals surface area contributed by atoms with Gasteiger partial charge in [0.1, 0.15) is 6.61 Å². The van der Waals surface area contributed by atoms with Crippen molar-refractivity contribution in [3.63, 3.8) is 0 Å². The summed E-state index contributed by atoms with van der Waals surface area (Å²) in [6.07, 6.45) is 0.943. The Kier molecular flexibility index (Phi) is 6.93. The standard InChI is InChI=1S/C17H24N2O2/c1-14-8-9-15(7-5-12-20)13-16(14)17(21)19(4)11-6-10-18(2)3/h8-9,13,20H,6,10-12H2,1-4H3. The van der Waals surface area contributed by atoms with Crippen molar-refractivity contribution in [3.8, 4) is 11.8 Å². The quantitative estimate of drug-likeness (QED) is 0.832. The van der Waals surface area contributed by atoms with Crippen molar-refractivity contribution >= 4 is 5.91 Å². The van der Waals surface area contributed by atoms with Gasteiger partial charge in [-0.25, -0.2) is 0 Å². The number of carbonyl (C=O) groups excluding carboxylic acids is 1. The van der Waals surface area contributed by atoms with Gasteiger partial charge in [-0.15, -0.1) is 0 Å². The van der Waals surface area contributed by atoms with Crippen LogP contribution in [0.3, 0.4) is 0 Å². The lowest BCUT2D eigenvalue weighted by Gasteiger charge is -2.19. The van der Waals surface area contributed by atoms with Crippen LogP contribution < -0.4 is 0 Å². The molecule has 0 aliphatic heterocycles. The summed E-state index contributed by atoms with van der Waals surface area (Å²) >= 11 is 0. The molecular weight excluding hydrogens is 264 g/mol. The molecule has 0 fully saturated rings. The van der Waals surface area contributed by atoms with Crippen LogP contribution in [0.5, 0.6) is 0 Å². The Balaban J connectivity index is 2.80. The lowest BCUT2D eigenvalue weighted by molar-refractivity contribution is 0.0790. The maximum absolute atomic E-state index is 12.5. The minimum absolute atomic E-state index is 0.0129. The highest BCUT2D eigenvalue weighted by atomic mass is 16.2. The minimum Gasteiger partial charge on any atom is -0.384 e. The van der Waals surface area contributed by atoms with Crippen LogP contribution in [0.1, 0.15) is 27.9 Å². The van der Waals surface area contributed by atoms with Crippen LogP contribution in [0.4, 0.5) is 0 Å². The summed E-state index contributed by atoms with van der Waals surface area (Å²) in [7, 11) is 5.87. The molecule has 0 unspecified atom stereocenters. The number of rotatable bonds is 5. The molecule has 0 aliphatic rings. The van der Waals surface area contributed by atoms with E-state index in [2.05, 4.69) is 16.7 Å². The zero-order valence-corrected chi connectivity index (χ0v) is 13.3. The van der Waals surface area contributed by atoms with Gasteiger partial charge in [-0.2, -0.15) is 0 Å². The number of hydrogen-bond acceptors (Lipinski definition) is 3. The van der Waals surface area contributed by atoms with E-state index < -0.39 is 0 Å². The van der Waals surface area contributed by atoms with E-state index in [-0.39, 0.29) is 12.5 Å². The summed E-state index contributed by atoms with van der Waals surface area (Å²) in [6, 6.07) is 5.55. The molecule has 1 N–H and O–H groups in total. The minimum atomic E-state index is -0.179.